The van der Waals surface area contributed by atoms with Gasteiger partial charge in [-0.25, -0.2) is 9.97 Å². The van der Waals surface area contributed by atoms with Crippen molar-refractivity contribution in [3.63, 3.8) is 0 Å². The lowest BCUT2D eigenvalue weighted by atomic mass is 10.2. The van der Waals surface area contributed by atoms with Gasteiger partial charge in [0, 0.05) is 11.5 Å². The number of aryl methyl sites for hydroxylation is 1. The molecule has 0 aliphatic carbocycles. The minimum Gasteiger partial charge on any atom is -0.225 e. The summed E-state index contributed by atoms with van der Waals surface area (Å²) in [6.07, 6.45) is 0. The van der Waals surface area contributed by atoms with Crippen molar-refractivity contribution in [2.75, 3.05) is 0 Å². The standard InChI is InChI=1S/C11H13ClN4S2/c1-5(2)9-13-8(12)6(3)10(14-9)18-11-16-15-7(4)17-11/h5H,1-4H3. The van der Waals surface area contributed by atoms with E-state index in [1.54, 1.807) is 11.3 Å². The van der Waals surface area contributed by atoms with Crippen molar-refractivity contribution in [2.45, 2.75) is 43.0 Å². The van der Waals surface area contributed by atoms with Crippen LogP contribution in [0.5, 0.6) is 0 Å². The second-order valence-electron chi connectivity index (χ2n) is 4.15. The zero-order valence-electron chi connectivity index (χ0n) is 10.6. The summed E-state index contributed by atoms with van der Waals surface area (Å²) < 4.78 is 0.875. The van der Waals surface area contributed by atoms with E-state index in [1.807, 2.05) is 27.7 Å². The van der Waals surface area contributed by atoms with Gasteiger partial charge in [-0.1, -0.05) is 36.8 Å². The molecule has 0 amide bonds. The fourth-order valence-electron chi connectivity index (χ4n) is 1.25. The Morgan fingerprint density at radius 2 is 1.89 bits per heavy atom. The molecule has 7 heteroatoms. The number of halogens is 1. The van der Waals surface area contributed by atoms with Crippen LogP contribution >= 0.6 is 34.7 Å². The zero-order valence-corrected chi connectivity index (χ0v) is 12.9. The van der Waals surface area contributed by atoms with Crippen molar-refractivity contribution in [1.29, 1.82) is 0 Å². The van der Waals surface area contributed by atoms with Gasteiger partial charge in [0.2, 0.25) is 0 Å². The summed E-state index contributed by atoms with van der Waals surface area (Å²) in [6, 6.07) is 0. The van der Waals surface area contributed by atoms with Gasteiger partial charge < -0.3 is 0 Å². The second-order valence-corrected chi connectivity index (χ2v) is 6.92. The lowest BCUT2D eigenvalue weighted by molar-refractivity contribution is 0.747. The van der Waals surface area contributed by atoms with Crippen LogP contribution in [0, 0.1) is 13.8 Å². The maximum Gasteiger partial charge on any atom is 0.180 e. The SMILES string of the molecule is Cc1nnc(Sc2nc(C(C)C)nc(Cl)c2C)s1. The number of rotatable bonds is 3. The molecule has 0 radical (unpaired) electrons. The highest BCUT2D eigenvalue weighted by Crippen LogP contribution is 2.33. The molecule has 0 fully saturated rings. The highest BCUT2D eigenvalue weighted by molar-refractivity contribution is 8.01. The first kappa shape index (κ1) is 13.7. The van der Waals surface area contributed by atoms with Crippen molar-refractivity contribution in [3.05, 3.63) is 21.5 Å². The number of hydrogen-bond acceptors (Lipinski definition) is 6. The molecule has 0 aliphatic heterocycles. The Morgan fingerprint density at radius 3 is 2.44 bits per heavy atom. The van der Waals surface area contributed by atoms with Crippen LogP contribution in [-0.2, 0) is 0 Å². The molecule has 0 saturated carbocycles. The molecule has 2 rings (SSSR count). The maximum absolute atomic E-state index is 6.14. The fourth-order valence-corrected chi connectivity index (χ4v) is 3.29. The van der Waals surface area contributed by atoms with E-state index in [9.17, 15) is 0 Å². The van der Waals surface area contributed by atoms with Gasteiger partial charge in [0.05, 0.1) is 0 Å². The Bertz CT molecular complexity index is 568. The molecule has 96 valence electrons. The van der Waals surface area contributed by atoms with Crippen LogP contribution in [0.4, 0.5) is 0 Å². The van der Waals surface area contributed by atoms with E-state index in [4.69, 9.17) is 11.6 Å². The molecule has 2 aromatic rings. The van der Waals surface area contributed by atoms with Crippen LogP contribution in [-0.4, -0.2) is 20.2 Å². The average molecular weight is 301 g/mol. The third kappa shape index (κ3) is 2.99. The molecule has 0 N–H and O–H groups in total. The maximum atomic E-state index is 6.14. The van der Waals surface area contributed by atoms with E-state index in [-0.39, 0.29) is 5.92 Å². The van der Waals surface area contributed by atoms with Gasteiger partial charge in [-0.3, -0.25) is 0 Å². The van der Waals surface area contributed by atoms with Crippen molar-refractivity contribution in [3.8, 4) is 0 Å². The molecule has 2 aromatic heterocycles. The first-order valence-electron chi connectivity index (χ1n) is 5.49. The smallest absolute Gasteiger partial charge is 0.180 e. The first-order valence-corrected chi connectivity index (χ1v) is 7.50. The summed E-state index contributed by atoms with van der Waals surface area (Å²) in [4.78, 5) is 8.83. The molecule has 0 aromatic carbocycles. The van der Waals surface area contributed by atoms with Crippen LogP contribution in [0.1, 0.15) is 36.2 Å². The number of hydrogen-bond donors (Lipinski definition) is 0. The predicted octanol–water partition coefficient (Wildman–Crippen LogP) is 3.87. The third-order valence-corrected chi connectivity index (χ3v) is 4.62. The Balaban J connectivity index is 2.37. The average Bonchev–Trinajstić information content (AvgIpc) is 2.70. The molecule has 0 spiro atoms. The molecule has 18 heavy (non-hydrogen) atoms. The van der Waals surface area contributed by atoms with Crippen molar-refractivity contribution >= 4 is 34.7 Å². The van der Waals surface area contributed by atoms with Crippen molar-refractivity contribution < 1.29 is 0 Å². The van der Waals surface area contributed by atoms with Crippen LogP contribution < -0.4 is 0 Å². The van der Waals surface area contributed by atoms with Crippen LogP contribution in [0.15, 0.2) is 9.37 Å². The van der Waals surface area contributed by atoms with Crippen LogP contribution in [0.2, 0.25) is 5.15 Å². The van der Waals surface area contributed by atoms with Crippen LogP contribution in [0.25, 0.3) is 0 Å². The van der Waals surface area contributed by atoms with Gasteiger partial charge in [-0.05, 0) is 25.6 Å². The predicted molar refractivity (Wildman–Crippen MR) is 74.6 cm³/mol. The van der Waals surface area contributed by atoms with E-state index in [1.165, 1.54) is 11.8 Å². The van der Waals surface area contributed by atoms with E-state index >= 15 is 0 Å². The Hall–Kier alpha value is -0.720. The Morgan fingerprint density at radius 1 is 1.17 bits per heavy atom. The molecule has 0 saturated heterocycles. The topological polar surface area (TPSA) is 51.6 Å². The summed E-state index contributed by atoms with van der Waals surface area (Å²) >= 11 is 9.18. The molecule has 0 atom stereocenters. The molecule has 0 unspecified atom stereocenters. The van der Waals surface area contributed by atoms with E-state index in [2.05, 4.69) is 20.2 Å². The zero-order chi connectivity index (χ0) is 13.3. The number of nitrogens with zero attached hydrogens (tertiary/aromatic N) is 4. The van der Waals surface area contributed by atoms with Gasteiger partial charge >= 0.3 is 0 Å². The normalized spacial score (nSPS) is 11.2. The summed E-state index contributed by atoms with van der Waals surface area (Å²) in [7, 11) is 0. The third-order valence-electron chi connectivity index (χ3n) is 2.27. The molecular formula is C11H13ClN4S2. The monoisotopic (exact) mass is 300 g/mol. The summed E-state index contributed by atoms with van der Waals surface area (Å²) in [5, 5.41) is 10.4. The molecule has 0 aliphatic rings. The quantitative estimate of drug-likeness (QED) is 0.805. The van der Waals surface area contributed by atoms with Gasteiger partial charge in [0.25, 0.3) is 0 Å². The molecule has 2 heterocycles. The van der Waals surface area contributed by atoms with Gasteiger partial charge in [-0.2, -0.15) is 0 Å². The largest absolute Gasteiger partial charge is 0.225 e. The second kappa shape index (κ2) is 5.50. The Kier molecular flexibility index (Phi) is 4.19. The minimum atomic E-state index is 0.249. The number of aromatic nitrogens is 4. The van der Waals surface area contributed by atoms with Crippen molar-refractivity contribution in [1.82, 2.24) is 20.2 Å². The van der Waals surface area contributed by atoms with E-state index < -0.39 is 0 Å². The first-order chi connectivity index (χ1) is 8.47. The summed E-state index contributed by atoms with van der Waals surface area (Å²) in [6.45, 7) is 7.94. The van der Waals surface area contributed by atoms with Gasteiger partial charge in [-0.15, -0.1) is 10.2 Å². The lowest BCUT2D eigenvalue weighted by Crippen LogP contribution is -2.01. The minimum absolute atomic E-state index is 0.249. The van der Waals surface area contributed by atoms with Gasteiger partial charge in [0.1, 0.15) is 21.0 Å². The van der Waals surface area contributed by atoms with Gasteiger partial charge in [0.15, 0.2) is 4.34 Å². The highest BCUT2D eigenvalue weighted by Gasteiger charge is 2.14. The lowest BCUT2D eigenvalue weighted by Gasteiger charge is -2.09. The van der Waals surface area contributed by atoms with E-state index in [0.29, 0.717) is 5.15 Å². The Labute approximate surface area is 119 Å². The molecule has 0 bridgehead atoms. The molecular weight excluding hydrogens is 288 g/mol. The van der Waals surface area contributed by atoms with Crippen molar-refractivity contribution in [2.24, 2.45) is 0 Å². The summed E-state index contributed by atoms with van der Waals surface area (Å²) in [5.74, 6) is 1.01. The highest BCUT2D eigenvalue weighted by atomic mass is 35.5. The fraction of sp³-hybridized carbons (Fsp3) is 0.455. The summed E-state index contributed by atoms with van der Waals surface area (Å²) in [5.41, 5.74) is 0.888. The van der Waals surface area contributed by atoms with Crippen LogP contribution in [0.3, 0.4) is 0 Å². The van der Waals surface area contributed by atoms with E-state index in [0.717, 1.165) is 25.8 Å². The molecule has 4 nitrogen and oxygen atoms in total.